The molecule has 2 atom stereocenters. The van der Waals surface area contributed by atoms with Crippen molar-refractivity contribution in [3.8, 4) is 0 Å². The zero-order valence-corrected chi connectivity index (χ0v) is 5.94. The van der Waals surface area contributed by atoms with Crippen LogP contribution in [0.25, 0.3) is 0 Å². The summed E-state index contributed by atoms with van der Waals surface area (Å²) in [5.41, 5.74) is 5.32. The molecule has 0 spiro atoms. The summed E-state index contributed by atoms with van der Waals surface area (Å²) in [6, 6.07) is 0.0129. The molecule has 0 bridgehead atoms. The number of hydrogen-bond donors (Lipinski definition) is 1. The van der Waals surface area contributed by atoms with Gasteiger partial charge in [0.2, 0.25) is 0 Å². The molecule has 8 heavy (non-hydrogen) atoms. The van der Waals surface area contributed by atoms with Crippen LogP contribution in [-0.4, -0.2) is 16.5 Å². The Kier molecular flexibility index (Phi) is 3.73. The average molecular weight is 133 g/mol. The first kappa shape index (κ1) is 7.85. The third-order valence-electron chi connectivity index (χ3n) is 0.574. The maximum atomic E-state index is 10.3. The zero-order chi connectivity index (χ0) is 6.57. The molecule has 0 saturated carbocycles. The summed E-state index contributed by atoms with van der Waals surface area (Å²) in [4.78, 5) is 0. The van der Waals surface area contributed by atoms with Gasteiger partial charge in [-0.2, -0.15) is 0 Å². The number of hydrogen-bond acceptors (Lipinski definition) is 2. The van der Waals surface area contributed by atoms with Crippen LogP contribution in [0.3, 0.4) is 0 Å². The SMILES string of the molecule is CC(N)/C=C\S(C)=O. The quantitative estimate of drug-likeness (QED) is 0.586. The lowest BCUT2D eigenvalue weighted by atomic mass is 10.4. The molecule has 0 aromatic carbocycles. The first-order valence-corrected chi connectivity index (χ1v) is 4.01. The molecule has 0 fully saturated rings. The van der Waals surface area contributed by atoms with Crippen molar-refractivity contribution in [3.63, 3.8) is 0 Å². The standard InChI is InChI=1S/C5H11NOS/c1-5(6)3-4-8(2)7/h3-5H,6H2,1-2H3/b4-3-. The lowest BCUT2D eigenvalue weighted by Gasteiger charge is -1.90. The van der Waals surface area contributed by atoms with Gasteiger partial charge in [0.25, 0.3) is 0 Å². The largest absolute Gasteiger partial charge is 0.325 e. The van der Waals surface area contributed by atoms with Crippen molar-refractivity contribution in [1.82, 2.24) is 0 Å². The molecule has 0 aliphatic rings. The van der Waals surface area contributed by atoms with Crippen molar-refractivity contribution in [2.75, 3.05) is 6.26 Å². The van der Waals surface area contributed by atoms with Gasteiger partial charge < -0.3 is 5.73 Å². The summed E-state index contributed by atoms with van der Waals surface area (Å²) in [5.74, 6) is 0. The van der Waals surface area contributed by atoms with Gasteiger partial charge in [0.05, 0.1) is 0 Å². The molecule has 0 amide bonds. The number of nitrogens with two attached hydrogens (primary N) is 1. The van der Waals surface area contributed by atoms with Gasteiger partial charge in [0.1, 0.15) is 0 Å². The van der Waals surface area contributed by atoms with Crippen molar-refractivity contribution in [3.05, 3.63) is 11.5 Å². The van der Waals surface area contributed by atoms with Crippen LogP contribution >= 0.6 is 0 Å². The molecule has 0 aromatic heterocycles. The topological polar surface area (TPSA) is 43.1 Å². The van der Waals surface area contributed by atoms with Crippen LogP contribution in [0.2, 0.25) is 0 Å². The second-order valence-corrected chi connectivity index (χ2v) is 2.96. The molecule has 2 nitrogen and oxygen atoms in total. The smallest absolute Gasteiger partial charge is 0.0421 e. The maximum Gasteiger partial charge on any atom is 0.0421 e. The predicted molar refractivity (Wildman–Crippen MR) is 36.9 cm³/mol. The third kappa shape index (κ3) is 5.85. The van der Waals surface area contributed by atoms with Gasteiger partial charge in [-0.05, 0) is 12.3 Å². The maximum absolute atomic E-state index is 10.3. The van der Waals surface area contributed by atoms with Crippen molar-refractivity contribution in [2.45, 2.75) is 13.0 Å². The second-order valence-electron chi connectivity index (χ2n) is 1.69. The van der Waals surface area contributed by atoms with E-state index >= 15 is 0 Å². The highest BCUT2D eigenvalue weighted by molar-refractivity contribution is 7.87. The Bertz CT molecular complexity index is 109. The summed E-state index contributed by atoms with van der Waals surface area (Å²) in [6.45, 7) is 1.84. The summed E-state index contributed by atoms with van der Waals surface area (Å²) >= 11 is 0. The fraction of sp³-hybridized carbons (Fsp3) is 0.600. The Morgan fingerprint density at radius 1 is 1.75 bits per heavy atom. The van der Waals surface area contributed by atoms with Crippen LogP contribution in [-0.2, 0) is 10.8 Å². The van der Waals surface area contributed by atoms with Crippen molar-refractivity contribution < 1.29 is 4.21 Å². The van der Waals surface area contributed by atoms with Crippen LogP contribution in [0.5, 0.6) is 0 Å². The van der Waals surface area contributed by atoms with Crippen molar-refractivity contribution in [2.24, 2.45) is 5.73 Å². The van der Waals surface area contributed by atoms with Gasteiger partial charge in [-0.25, -0.2) is 0 Å². The van der Waals surface area contributed by atoms with Crippen LogP contribution in [0.15, 0.2) is 11.5 Å². The van der Waals surface area contributed by atoms with Gasteiger partial charge in [-0.1, -0.05) is 6.08 Å². The molecule has 0 radical (unpaired) electrons. The Balaban J connectivity index is 3.50. The van der Waals surface area contributed by atoms with Gasteiger partial charge in [0.15, 0.2) is 0 Å². The van der Waals surface area contributed by atoms with E-state index in [1.54, 1.807) is 17.7 Å². The molecule has 3 heteroatoms. The predicted octanol–water partition coefficient (Wildman–Crippen LogP) is 0.226. The van der Waals surface area contributed by atoms with Crippen LogP contribution in [0.4, 0.5) is 0 Å². The van der Waals surface area contributed by atoms with E-state index in [0.717, 1.165) is 0 Å². The van der Waals surface area contributed by atoms with Gasteiger partial charge in [-0.15, -0.1) is 0 Å². The Morgan fingerprint density at radius 3 is 2.38 bits per heavy atom. The van der Waals surface area contributed by atoms with Crippen molar-refractivity contribution in [1.29, 1.82) is 0 Å². The molecule has 0 aliphatic heterocycles. The van der Waals surface area contributed by atoms with E-state index in [1.807, 2.05) is 6.92 Å². The monoisotopic (exact) mass is 133 g/mol. The molecule has 0 saturated heterocycles. The van der Waals surface area contributed by atoms with E-state index < -0.39 is 10.8 Å². The van der Waals surface area contributed by atoms with E-state index in [-0.39, 0.29) is 6.04 Å². The van der Waals surface area contributed by atoms with E-state index in [0.29, 0.717) is 0 Å². The Morgan fingerprint density at radius 2 is 2.25 bits per heavy atom. The van der Waals surface area contributed by atoms with E-state index in [9.17, 15) is 4.21 Å². The van der Waals surface area contributed by atoms with Crippen LogP contribution in [0, 0.1) is 0 Å². The van der Waals surface area contributed by atoms with Gasteiger partial charge >= 0.3 is 0 Å². The highest BCUT2D eigenvalue weighted by atomic mass is 32.2. The minimum absolute atomic E-state index is 0.0129. The fourth-order valence-corrected chi connectivity index (χ4v) is 0.704. The molecule has 0 aliphatic carbocycles. The highest BCUT2D eigenvalue weighted by Gasteiger charge is 1.82. The molecule has 2 N–H and O–H groups in total. The minimum Gasteiger partial charge on any atom is -0.325 e. The van der Waals surface area contributed by atoms with Crippen LogP contribution in [0.1, 0.15) is 6.92 Å². The molecule has 2 unspecified atom stereocenters. The number of rotatable bonds is 2. The molecule has 48 valence electrons. The molecular weight excluding hydrogens is 122 g/mol. The van der Waals surface area contributed by atoms with E-state index in [2.05, 4.69) is 0 Å². The first-order chi connectivity index (χ1) is 3.63. The van der Waals surface area contributed by atoms with Gasteiger partial charge in [-0.3, -0.25) is 4.21 Å². The van der Waals surface area contributed by atoms with Crippen LogP contribution < -0.4 is 5.73 Å². The highest BCUT2D eigenvalue weighted by Crippen LogP contribution is 1.81. The van der Waals surface area contributed by atoms with E-state index in [1.165, 1.54) is 0 Å². The molecule has 0 heterocycles. The normalized spacial score (nSPS) is 18.9. The third-order valence-corrected chi connectivity index (χ3v) is 1.11. The van der Waals surface area contributed by atoms with Gasteiger partial charge in [0, 0.05) is 23.1 Å². The molecule has 0 rings (SSSR count). The molecule has 0 aromatic rings. The second kappa shape index (κ2) is 3.80. The van der Waals surface area contributed by atoms with E-state index in [4.69, 9.17) is 5.73 Å². The lowest BCUT2D eigenvalue weighted by molar-refractivity contribution is 0.691. The average Bonchev–Trinajstić information content (AvgIpc) is 1.61. The lowest BCUT2D eigenvalue weighted by Crippen LogP contribution is -2.10. The molecular formula is C5H11NOS. The first-order valence-electron chi connectivity index (χ1n) is 2.39. The summed E-state index contributed by atoms with van der Waals surface area (Å²) in [7, 11) is -0.847. The Labute approximate surface area is 52.2 Å². The summed E-state index contributed by atoms with van der Waals surface area (Å²) < 4.78 is 10.3. The fourth-order valence-electron chi connectivity index (χ4n) is 0.235. The summed E-state index contributed by atoms with van der Waals surface area (Å²) in [5, 5.41) is 1.59. The minimum atomic E-state index is -0.847. The zero-order valence-electron chi connectivity index (χ0n) is 5.13. The Hall–Kier alpha value is -0.150. The summed E-state index contributed by atoms with van der Waals surface area (Å²) in [6.07, 6.45) is 3.33. The van der Waals surface area contributed by atoms with Crippen molar-refractivity contribution >= 4 is 10.8 Å².